The van der Waals surface area contributed by atoms with Gasteiger partial charge in [0.1, 0.15) is 5.60 Å². The van der Waals surface area contributed by atoms with E-state index in [9.17, 15) is 0 Å². The van der Waals surface area contributed by atoms with Gasteiger partial charge in [-0.25, -0.2) is 0 Å². The third-order valence-corrected chi connectivity index (χ3v) is 3.19. The van der Waals surface area contributed by atoms with Crippen molar-refractivity contribution in [2.45, 2.75) is 50.7 Å². The van der Waals surface area contributed by atoms with E-state index in [0.29, 0.717) is 11.7 Å². The third-order valence-electron chi connectivity index (χ3n) is 3.19. The van der Waals surface area contributed by atoms with Crippen LogP contribution in [0.15, 0.2) is 4.52 Å². The number of nitrogens with two attached hydrogens (primary N) is 1. The molecule has 1 aliphatic carbocycles. The van der Waals surface area contributed by atoms with E-state index in [1.165, 1.54) is 0 Å². The van der Waals surface area contributed by atoms with Crippen molar-refractivity contribution in [3.05, 3.63) is 11.7 Å². The summed E-state index contributed by atoms with van der Waals surface area (Å²) in [5.74, 6) is 1.10. The van der Waals surface area contributed by atoms with E-state index in [1.54, 1.807) is 7.11 Å². The molecule has 1 fully saturated rings. The zero-order valence-electron chi connectivity index (χ0n) is 10.1. The second-order valence-corrected chi connectivity index (χ2v) is 5.05. The largest absolute Gasteiger partial charge is 0.370 e. The van der Waals surface area contributed by atoms with E-state index in [1.807, 2.05) is 13.8 Å². The number of rotatable bonds is 3. The molecule has 1 aromatic rings. The Morgan fingerprint density at radius 1 is 1.38 bits per heavy atom. The number of ether oxygens (including phenoxy) is 1. The van der Waals surface area contributed by atoms with Crippen molar-refractivity contribution in [1.29, 1.82) is 0 Å². The van der Waals surface area contributed by atoms with Crippen LogP contribution in [0.3, 0.4) is 0 Å². The predicted octanol–water partition coefficient (Wildman–Crippen LogP) is 1.68. The van der Waals surface area contributed by atoms with E-state index in [0.717, 1.165) is 25.7 Å². The standard InChI is InChI=1S/C11H19N3O2/c1-10(2,12)9-13-8(14-16-9)11(15-3)6-4-5-7-11/h4-7,12H2,1-3H3. The fraction of sp³-hybridized carbons (Fsp3) is 0.818. The van der Waals surface area contributed by atoms with E-state index in [2.05, 4.69) is 10.1 Å². The molecule has 2 rings (SSSR count). The van der Waals surface area contributed by atoms with Crippen molar-refractivity contribution in [3.8, 4) is 0 Å². The topological polar surface area (TPSA) is 74.2 Å². The zero-order valence-corrected chi connectivity index (χ0v) is 10.1. The molecule has 1 aliphatic rings. The highest BCUT2D eigenvalue weighted by molar-refractivity contribution is 5.07. The van der Waals surface area contributed by atoms with Crippen LogP contribution in [-0.2, 0) is 15.9 Å². The lowest BCUT2D eigenvalue weighted by molar-refractivity contribution is -0.0178. The number of hydrogen-bond donors (Lipinski definition) is 1. The molecule has 0 bridgehead atoms. The molecule has 90 valence electrons. The van der Waals surface area contributed by atoms with Crippen LogP contribution >= 0.6 is 0 Å². The molecule has 0 amide bonds. The lowest BCUT2D eigenvalue weighted by atomic mass is 10.0. The fourth-order valence-corrected chi connectivity index (χ4v) is 2.14. The molecule has 0 radical (unpaired) electrons. The SMILES string of the molecule is COC1(c2noc(C(C)(C)N)n2)CCCC1. The van der Waals surface area contributed by atoms with Gasteiger partial charge in [-0.05, 0) is 39.5 Å². The molecule has 5 heteroatoms. The van der Waals surface area contributed by atoms with Gasteiger partial charge < -0.3 is 15.0 Å². The Morgan fingerprint density at radius 3 is 2.44 bits per heavy atom. The van der Waals surface area contributed by atoms with Gasteiger partial charge in [0.25, 0.3) is 0 Å². The number of aromatic nitrogens is 2. The van der Waals surface area contributed by atoms with Crippen LogP contribution in [0.1, 0.15) is 51.2 Å². The molecule has 1 saturated carbocycles. The highest BCUT2D eigenvalue weighted by Gasteiger charge is 2.41. The number of hydrogen-bond acceptors (Lipinski definition) is 5. The smallest absolute Gasteiger partial charge is 0.246 e. The van der Waals surface area contributed by atoms with E-state index >= 15 is 0 Å². The van der Waals surface area contributed by atoms with Crippen molar-refractivity contribution in [2.24, 2.45) is 5.73 Å². The van der Waals surface area contributed by atoms with Gasteiger partial charge in [-0.3, -0.25) is 0 Å². The Bertz CT molecular complexity index is 362. The van der Waals surface area contributed by atoms with Crippen LogP contribution < -0.4 is 5.73 Å². The van der Waals surface area contributed by atoms with Gasteiger partial charge in [0, 0.05) is 7.11 Å². The van der Waals surface area contributed by atoms with E-state index in [4.69, 9.17) is 15.0 Å². The molecule has 2 N–H and O–H groups in total. The second-order valence-electron chi connectivity index (χ2n) is 5.05. The molecule has 0 aliphatic heterocycles. The van der Waals surface area contributed by atoms with Crippen molar-refractivity contribution in [3.63, 3.8) is 0 Å². The maximum absolute atomic E-state index is 5.92. The van der Waals surface area contributed by atoms with Gasteiger partial charge in [-0.15, -0.1) is 0 Å². The summed E-state index contributed by atoms with van der Waals surface area (Å²) < 4.78 is 10.8. The molecule has 1 aromatic heterocycles. The van der Waals surface area contributed by atoms with Crippen LogP contribution in [-0.4, -0.2) is 17.3 Å². The van der Waals surface area contributed by atoms with Gasteiger partial charge in [-0.2, -0.15) is 4.98 Å². The van der Waals surface area contributed by atoms with Crippen molar-refractivity contribution in [2.75, 3.05) is 7.11 Å². The zero-order chi connectivity index (χ0) is 11.8. The minimum absolute atomic E-state index is 0.354. The molecule has 1 heterocycles. The summed E-state index contributed by atoms with van der Waals surface area (Å²) in [4.78, 5) is 4.38. The molecule has 0 saturated heterocycles. The van der Waals surface area contributed by atoms with Gasteiger partial charge in [0.2, 0.25) is 11.7 Å². The average Bonchev–Trinajstić information content (AvgIpc) is 2.86. The minimum Gasteiger partial charge on any atom is -0.370 e. The Balaban J connectivity index is 2.30. The molecular weight excluding hydrogens is 206 g/mol. The molecule has 16 heavy (non-hydrogen) atoms. The summed E-state index contributed by atoms with van der Waals surface area (Å²) in [6.07, 6.45) is 4.19. The quantitative estimate of drug-likeness (QED) is 0.847. The Labute approximate surface area is 95.3 Å². The summed E-state index contributed by atoms with van der Waals surface area (Å²) in [6, 6.07) is 0. The van der Waals surface area contributed by atoms with Crippen LogP contribution in [0.25, 0.3) is 0 Å². The summed E-state index contributed by atoms with van der Waals surface area (Å²) in [5.41, 5.74) is 4.96. The van der Waals surface area contributed by atoms with E-state index in [-0.39, 0.29) is 5.60 Å². The highest BCUT2D eigenvalue weighted by atomic mass is 16.5. The lowest BCUT2D eigenvalue weighted by Crippen LogP contribution is -2.30. The first-order valence-electron chi connectivity index (χ1n) is 5.67. The Kier molecular flexibility index (Phi) is 2.75. The van der Waals surface area contributed by atoms with Crippen LogP contribution in [0, 0.1) is 0 Å². The first kappa shape index (κ1) is 11.5. The summed E-state index contributed by atoms with van der Waals surface area (Å²) in [6.45, 7) is 3.69. The van der Waals surface area contributed by atoms with Gasteiger partial charge >= 0.3 is 0 Å². The predicted molar refractivity (Wildman–Crippen MR) is 58.7 cm³/mol. The van der Waals surface area contributed by atoms with Crippen molar-refractivity contribution < 1.29 is 9.26 Å². The summed E-state index contributed by atoms with van der Waals surface area (Å²) in [5, 5.41) is 4.02. The van der Waals surface area contributed by atoms with Gasteiger partial charge in [0.15, 0.2) is 0 Å². The normalized spacial score (nSPS) is 20.2. The Morgan fingerprint density at radius 2 is 2.00 bits per heavy atom. The molecular formula is C11H19N3O2. The lowest BCUT2D eigenvalue weighted by Gasteiger charge is -2.22. The molecule has 5 nitrogen and oxygen atoms in total. The maximum atomic E-state index is 5.92. The Hall–Kier alpha value is -0.940. The maximum Gasteiger partial charge on any atom is 0.246 e. The summed E-state index contributed by atoms with van der Waals surface area (Å²) >= 11 is 0. The van der Waals surface area contributed by atoms with Crippen LogP contribution in [0.4, 0.5) is 0 Å². The first-order valence-corrected chi connectivity index (χ1v) is 5.67. The molecule has 0 spiro atoms. The van der Waals surface area contributed by atoms with Gasteiger partial charge in [0.05, 0.1) is 5.54 Å². The monoisotopic (exact) mass is 225 g/mol. The highest BCUT2D eigenvalue weighted by Crippen LogP contribution is 2.40. The fourth-order valence-electron chi connectivity index (χ4n) is 2.14. The number of nitrogens with zero attached hydrogens (tertiary/aromatic N) is 2. The van der Waals surface area contributed by atoms with Crippen LogP contribution in [0.2, 0.25) is 0 Å². The first-order chi connectivity index (χ1) is 7.48. The second kappa shape index (κ2) is 3.82. The third kappa shape index (κ3) is 1.85. The summed E-state index contributed by atoms with van der Waals surface area (Å²) in [7, 11) is 1.70. The molecule has 0 aromatic carbocycles. The van der Waals surface area contributed by atoms with E-state index < -0.39 is 5.54 Å². The minimum atomic E-state index is -0.598. The average molecular weight is 225 g/mol. The molecule has 0 atom stereocenters. The van der Waals surface area contributed by atoms with Crippen molar-refractivity contribution >= 4 is 0 Å². The molecule has 0 unspecified atom stereocenters. The van der Waals surface area contributed by atoms with Crippen LogP contribution in [0.5, 0.6) is 0 Å². The van der Waals surface area contributed by atoms with Crippen molar-refractivity contribution in [1.82, 2.24) is 10.1 Å². The van der Waals surface area contributed by atoms with Gasteiger partial charge in [-0.1, -0.05) is 5.16 Å². The number of methoxy groups -OCH3 is 1.